The highest BCUT2D eigenvalue weighted by atomic mass is 35.5. The smallest absolute Gasteiger partial charge is 0.223 e. The molecule has 0 saturated heterocycles. The topological polar surface area (TPSA) is 37.8 Å². The maximum atomic E-state index is 5.97. The van der Waals surface area contributed by atoms with Gasteiger partial charge in [0.15, 0.2) is 0 Å². The van der Waals surface area contributed by atoms with Crippen LogP contribution in [0.3, 0.4) is 0 Å². The average molecular weight is 232 g/mol. The van der Waals surface area contributed by atoms with E-state index in [4.69, 9.17) is 11.6 Å². The summed E-state index contributed by atoms with van der Waals surface area (Å²) in [6.45, 7) is 7.03. The molecule has 14 heavy (non-hydrogen) atoms. The molecule has 0 amide bonds. The van der Waals surface area contributed by atoms with Gasteiger partial charge in [0.25, 0.3) is 0 Å². The highest BCUT2D eigenvalue weighted by Gasteiger charge is 2.07. The van der Waals surface area contributed by atoms with Crippen LogP contribution in [0.2, 0.25) is 5.02 Å². The van der Waals surface area contributed by atoms with Crippen LogP contribution in [0.5, 0.6) is 0 Å². The molecule has 0 saturated carbocycles. The minimum atomic E-state index is 0.469. The fraction of sp³-hybridized carbons (Fsp3) is 0.556. The Balaban J connectivity index is 2.84. The van der Waals surface area contributed by atoms with Crippen LogP contribution in [-0.4, -0.2) is 21.8 Å². The van der Waals surface area contributed by atoms with Crippen LogP contribution < -0.4 is 5.32 Å². The van der Waals surface area contributed by atoms with Crippen LogP contribution in [-0.2, 0) is 0 Å². The van der Waals surface area contributed by atoms with Gasteiger partial charge in [0.1, 0.15) is 5.03 Å². The molecule has 0 unspecified atom stereocenters. The summed E-state index contributed by atoms with van der Waals surface area (Å²) in [5.74, 6) is 0.639. The maximum absolute atomic E-state index is 5.97. The molecule has 0 bridgehead atoms. The molecule has 1 aromatic heterocycles. The van der Waals surface area contributed by atoms with Crippen LogP contribution in [0, 0.1) is 0 Å². The maximum Gasteiger partial charge on any atom is 0.223 e. The van der Waals surface area contributed by atoms with Crippen molar-refractivity contribution in [3.8, 4) is 0 Å². The number of anilines is 1. The van der Waals surface area contributed by atoms with E-state index in [1.165, 1.54) is 0 Å². The quantitative estimate of drug-likeness (QED) is 0.639. The molecule has 0 aliphatic heterocycles. The lowest BCUT2D eigenvalue weighted by Gasteiger charge is -2.07. The summed E-state index contributed by atoms with van der Waals surface area (Å²) in [6, 6.07) is 0. The standard InChI is InChI=1S/C9H14ClN3S/c1-4-11-9-12-5-7(10)8(13-9)14-6(2)3/h5-6H,4H2,1-3H3,(H,11,12,13). The summed E-state index contributed by atoms with van der Waals surface area (Å²) in [5, 5.41) is 4.98. The van der Waals surface area contributed by atoms with E-state index in [1.807, 2.05) is 6.92 Å². The Labute approximate surface area is 93.7 Å². The van der Waals surface area contributed by atoms with Crippen molar-refractivity contribution in [1.29, 1.82) is 0 Å². The summed E-state index contributed by atoms with van der Waals surface area (Å²) < 4.78 is 0. The summed E-state index contributed by atoms with van der Waals surface area (Å²) in [4.78, 5) is 8.38. The normalized spacial score (nSPS) is 10.6. The van der Waals surface area contributed by atoms with Gasteiger partial charge in [-0.15, -0.1) is 11.8 Å². The predicted octanol–water partition coefficient (Wildman–Crippen LogP) is 3.06. The van der Waals surface area contributed by atoms with Gasteiger partial charge in [-0.25, -0.2) is 9.97 Å². The Morgan fingerprint density at radius 2 is 2.29 bits per heavy atom. The van der Waals surface area contributed by atoms with Crippen molar-refractivity contribution >= 4 is 29.3 Å². The summed E-state index contributed by atoms with van der Waals surface area (Å²) in [6.07, 6.45) is 1.64. The molecule has 0 radical (unpaired) electrons. The second-order valence-electron chi connectivity index (χ2n) is 3.04. The first-order valence-corrected chi connectivity index (χ1v) is 5.82. The third-order valence-corrected chi connectivity index (χ3v) is 2.79. The molecule has 1 aromatic rings. The zero-order valence-corrected chi connectivity index (χ0v) is 10.1. The third-order valence-electron chi connectivity index (χ3n) is 1.39. The van der Waals surface area contributed by atoms with E-state index >= 15 is 0 Å². The highest BCUT2D eigenvalue weighted by Crippen LogP contribution is 2.28. The van der Waals surface area contributed by atoms with Gasteiger partial charge in [0, 0.05) is 11.8 Å². The summed E-state index contributed by atoms with van der Waals surface area (Å²) >= 11 is 7.61. The number of hydrogen-bond acceptors (Lipinski definition) is 4. The summed E-state index contributed by atoms with van der Waals surface area (Å²) in [5.41, 5.74) is 0. The van der Waals surface area contributed by atoms with Crippen molar-refractivity contribution in [2.45, 2.75) is 31.0 Å². The molecule has 3 nitrogen and oxygen atoms in total. The van der Waals surface area contributed by atoms with E-state index in [0.29, 0.717) is 16.2 Å². The average Bonchev–Trinajstić information content (AvgIpc) is 2.10. The van der Waals surface area contributed by atoms with Crippen molar-refractivity contribution < 1.29 is 0 Å². The predicted molar refractivity (Wildman–Crippen MR) is 62.2 cm³/mol. The van der Waals surface area contributed by atoms with E-state index in [-0.39, 0.29) is 0 Å². The molecule has 5 heteroatoms. The van der Waals surface area contributed by atoms with Gasteiger partial charge in [-0.1, -0.05) is 25.4 Å². The van der Waals surface area contributed by atoms with Gasteiger partial charge >= 0.3 is 0 Å². The Morgan fingerprint density at radius 1 is 1.57 bits per heavy atom. The molecule has 0 atom stereocenters. The van der Waals surface area contributed by atoms with E-state index in [1.54, 1.807) is 18.0 Å². The van der Waals surface area contributed by atoms with E-state index < -0.39 is 0 Å². The van der Waals surface area contributed by atoms with Crippen LogP contribution in [0.15, 0.2) is 11.2 Å². The number of nitrogens with one attached hydrogen (secondary N) is 1. The zero-order valence-electron chi connectivity index (χ0n) is 8.54. The van der Waals surface area contributed by atoms with Crippen LogP contribution in [0.1, 0.15) is 20.8 Å². The second-order valence-corrected chi connectivity index (χ2v) is 5.02. The van der Waals surface area contributed by atoms with Gasteiger partial charge in [0.2, 0.25) is 5.95 Å². The van der Waals surface area contributed by atoms with Crippen LogP contribution in [0.25, 0.3) is 0 Å². The molecular formula is C9H14ClN3S. The Bertz CT molecular complexity index is 304. The largest absolute Gasteiger partial charge is 0.354 e. The van der Waals surface area contributed by atoms with Crippen molar-refractivity contribution in [1.82, 2.24) is 9.97 Å². The molecule has 0 aliphatic rings. The molecular weight excluding hydrogens is 218 g/mol. The molecule has 1 N–H and O–H groups in total. The molecule has 78 valence electrons. The van der Waals surface area contributed by atoms with E-state index in [9.17, 15) is 0 Å². The van der Waals surface area contributed by atoms with Gasteiger partial charge in [-0.2, -0.15) is 0 Å². The second kappa shape index (κ2) is 5.41. The fourth-order valence-electron chi connectivity index (χ4n) is 0.901. The zero-order chi connectivity index (χ0) is 10.6. The monoisotopic (exact) mass is 231 g/mol. The first kappa shape index (κ1) is 11.6. The van der Waals surface area contributed by atoms with Crippen molar-refractivity contribution in [2.24, 2.45) is 0 Å². The fourth-order valence-corrected chi connectivity index (χ4v) is 1.88. The molecule has 1 rings (SSSR count). The van der Waals surface area contributed by atoms with Crippen LogP contribution >= 0.6 is 23.4 Å². The lowest BCUT2D eigenvalue weighted by molar-refractivity contribution is 1.00. The minimum Gasteiger partial charge on any atom is -0.354 e. The number of halogens is 1. The summed E-state index contributed by atoms with van der Waals surface area (Å²) in [7, 11) is 0. The number of thioether (sulfide) groups is 1. The minimum absolute atomic E-state index is 0.469. The molecule has 0 aliphatic carbocycles. The lowest BCUT2D eigenvalue weighted by atomic mass is 10.6. The number of nitrogens with zero attached hydrogens (tertiary/aromatic N) is 2. The third kappa shape index (κ3) is 3.35. The van der Waals surface area contributed by atoms with Crippen LogP contribution in [0.4, 0.5) is 5.95 Å². The molecule has 0 aromatic carbocycles. The van der Waals surface area contributed by atoms with Gasteiger partial charge in [-0.05, 0) is 6.92 Å². The number of hydrogen-bond donors (Lipinski definition) is 1. The molecule has 0 fully saturated rings. The number of rotatable bonds is 4. The molecule has 1 heterocycles. The highest BCUT2D eigenvalue weighted by molar-refractivity contribution is 7.99. The Morgan fingerprint density at radius 3 is 2.86 bits per heavy atom. The van der Waals surface area contributed by atoms with Crippen molar-refractivity contribution in [3.63, 3.8) is 0 Å². The van der Waals surface area contributed by atoms with Gasteiger partial charge in [-0.3, -0.25) is 0 Å². The van der Waals surface area contributed by atoms with Crippen molar-refractivity contribution in [2.75, 3.05) is 11.9 Å². The van der Waals surface area contributed by atoms with Gasteiger partial charge in [0.05, 0.1) is 11.2 Å². The van der Waals surface area contributed by atoms with E-state index in [2.05, 4.69) is 29.1 Å². The Kier molecular flexibility index (Phi) is 4.48. The Hall–Kier alpha value is -0.480. The lowest BCUT2D eigenvalue weighted by Crippen LogP contribution is -2.03. The van der Waals surface area contributed by atoms with Gasteiger partial charge < -0.3 is 5.32 Å². The molecule has 0 spiro atoms. The first-order chi connectivity index (χ1) is 6.63. The van der Waals surface area contributed by atoms with E-state index in [0.717, 1.165) is 11.6 Å². The first-order valence-electron chi connectivity index (χ1n) is 4.56. The number of aromatic nitrogens is 2. The van der Waals surface area contributed by atoms with Crippen molar-refractivity contribution in [3.05, 3.63) is 11.2 Å². The SMILES string of the molecule is CCNc1ncc(Cl)c(SC(C)C)n1.